The van der Waals surface area contributed by atoms with Crippen molar-refractivity contribution in [1.29, 1.82) is 0 Å². The van der Waals surface area contributed by atoms with Gasteiger partial charge in [-0.25, -0.2) is 0 Å². The number of benzene rings is 4. The van der Waals surface area contributed by atoms with Crippen LogP contribution in [0.3, 0.4) is 0 Å². The molecule has 0 aliphatic rings. The van der Waals surface area contributed by atoms with Crippen molar-refractivity contribution in [2.24, 2.45) is 0 Å². The summed E-state index contributed by atoms with van der Waals surface area (Å²) in [5, 5.41) is 12.5. The van der Waals surface area contributed by atoms with E-state index in [0.29, 0.717) is 0 Å². The Hall–Kier alpha value is -2.82. The summed E-state index contributed by atoms with van der Waals surface area (Å²) in [6.07, 6.45) is 15.4. The Bertz CT molecular complexity index is 1650. The highest BCUT2D eigenvalue weighted by Gasteiger charge is 2.11. The van der Waals surface area contributed by atoms with Gasteiger partial charge in [-0.1, -0.05) is 125 Å². The molecular weight excluding hydrogens is 553 g/mol. The molecule has 0 saturated carbocycles. The van der Waals surface area contributed by atoms with Crippen molar-refractivity contribution in [1.82, 2.24) is 0 Å². The zero-order valence-electron chi connectivity index (χ0n) is 25.3. The lowest BCUT2D eigenvalue weighted by atomic mass is 9.96. The van der Waals surface area contributed by atoms with E-state index in [1.54, 1.807) is 22.7 Å². The fourth-order valence-corrected chi connectivity index (χ4v) is 8.08. The Kier molecular flexibility index (Phi) is 9.82. The van der Waals surface area contributed by atoms with Crippen LogP contribution in [0.4, 0.5) is 0 Å². The van der Waals surface area contributed by atoms with Crippen LogP contribution in [0, 0.1) is 0 Å². The topological polar surface area (TPSA) is 18.5 Å². The van der Waals surface area contributed by atoms with Crippen molar-refractivity contribution in [2.45, 2.75) is 90.9 Å². The average Bonchev–Trinajstić information content (AvgIpc) is 3.59. The van der Waals surface area contributed by atoms with E-state index in [0.717, 1.165) is 36.2 Å². The molecule has 4 aromatic carbocycles. The number of unbranched alkanes of at least 4 members (excludes halogenated alkanes) is 10. The van der Waals surface area contributed by atoms with Crippen LogP contribution in [0.2, 0.25) is 0 Å². The summed E-state index contributed by atoms with van der Waals surface area (Å²) < 4.78 is 14.9. The molecule has 0 aliphatic carbocycles. The maximum atomic E-state index is 6.17. The number of hydrogen-bond donors (Lipinski definition) is 0. The summed E-state index contributed by atoms with van der Waals surface area (Å²) in [6.45, 7) is 6.17. The number of rotatable bonds is 16. The first-order valence-corrected chi connectivity index (χ1v) is 17.9. The molecule has 0 bridgehead atoms. The van der Waals surface area contributed by atoms with Gasteiger partial charge in [0.15, 0.2) is 10.1 Å². The van der Waals surface area contributed by atoms with Crippen molar-refractivity contribution in [3.8, 4) is 10.1 Å². The van der Waals surface area contributed by atoms with E-state index in [1.807, 2.05) is 0 Å². The zero-order chi connectivity index (χ0) is 28.7. The van der Waals surface area contributed by atoms with Crippen molar-refractivity contribution >= 4 is 75.2 Å². The molecule has 0 aliphatic heterocycles. The van der Waals surface area contributed by atoms with Gasteiger partial charge in [-0.2, -0.15) is 0 Å². The van der Waals surface area contributed by atoms with Gasteiger partial charge in [0.1, 0.15) is 0 Å². The van der Waals surface area contributed by atoms with Gasteiger partial charge in [-0.15, -0.1) is 0 Å². The van der Waals surface area contributed by atoms with Crippen molar-refractivity contribution in [2.75, 3.05) is 13.2 Å². The van der Waals surface area contributed by atoms with Crippen LogP contribution in [0.15, 0.2) is 60.7 Å². The number of ether oxygens (including phenoxy) is 2. The van der Waals surface area contributed by atoms with E-state index in [9.17, 15) is 0 Å². The van der Waals surface area contributed by atoms with Crippen LogP contribution < -0.4 is 9.47 Å². The van der Waals surface area contributed by atoms with Crippen LogP contribution in [0.5, 0.6) is 10.1 Å². The van der Waals surface area contributed by atoms with Crippen LogP contribution in [0.1, 0.15) is 90.9 Å². The minimum atomic E-state index is 0.816. The number of hydrogen-bond acceptors (Lipinski definition) is 4. The third-order valence-corrected chi connectivity index (χ3v) is 10.6. The molecule has 6 rings (SSSR count). The fraction of sp³-hybridized carbons (Fsp3) is 0.421. The first-order valence-electron chi connectivity index (χ1n) is 16.3. The SMILES string of the molecule is CCCCCCCCOc1cc2cc3c(ccc4c5cc6cc(OCCCCCCCC)sc6cc5ccc34)cc2s1. The molecule has 0 spiro atoms. The summed E-state index contributed by atoms with van der Waals surface area (Å²) in [6, 6.07) is 23.1. The molecule has 0 amide bonds. The van der Waals surface area contributed by atoms with Gasteiger partial charge in [0.25, 0.3) is 0 Å². The third-order valence-electron chi connectivity index (χ3n) is 8.55. The molecule has 0 atom stereocenters. The number of fused-ring (bicyclic) bond motifs is 7. The van der Waals surface area contributed by atoms with Crippen molar-refractivity contribution in [3.63, 3.8) is 0 Å². The number of thiophene rings is 2. The zero-order valence-corrected chi connectivity index (χ0v) is 26.9. The predicted molar refractivity (Wildman–Crippen MR) is 187 cm³/mol. The van der Waals surface area contributed by atoms with Crippen LogP contribution >= 0.6 is 22.7 Å². The predicted octanol–water partition coefficient (Wildman–Crippen LogP) is 13.1. The highest BCUT2D eigenvalue weighted by atomic mass is 32.1. The molecule has 0 unspecified atom stereocenters. The smallest absolute Gasteiger partial charge is 0.174 e. The van der Waals surface area contributed by atoms with E-state index < -0.39 is 0 Å². The van der Waals surface area contributed by atoms with Crippen LogP contribution in [-0.4, -0.2) is 13.2 Å². The molecule has 220 valence electrons. The lowest BCUT2D eigenvalue weighted by Gasteiger charge is -2.08. The van der Waals surface area contributed by atoms with Gasteiger partial charge in [-0.3, -0.25) is 0 Å². The summed E-state index contributed by atoms with van der Waals surface area (Å²) >= 11 is 3.55. The van der Waals surface area contributed by atoms with Gasteiger partial charge in [-0.05, 0) is 92.3 Å². The molecule has 42 heavy (non-hydrogen) atoms. The lowest BCUT2D eigenvalue weighted by Crippen LogP contribution is -1.95. The Balaban J connectivity index is 1.20. The molecule has 0 N–H and O–H groups in total. The summed E-state index contributed by atoms with van der Waals surface area (Å²) in [4.78, 5) is 0. The summed E-state index contributed by atoms with van der Waals surface area (Å²) in [5.41, 5.74) is 0. The van der Waals surface area contributed by atoms with Crippen LogP contribution in [-0.2, 0) is 0 Å². The van der Waals surface area contributed by atoms with E-state index in [4.69, 9.17) is 9.47 Å². The molecule has 4 heteroatoms. The standard InChI is InChI=1S/C38H44O2S2/c1-3-5-7-9-11-13-19-39-37-25-29-21-33-27(23-35(29)41-37)15-17-32-31(33)18-16-28-24-36-30(22-34(28)32)26-38(42-36)40-20-14-12-10-8-6-4-2/h15-18,21-26H,3-14,19-20H2,1-2H3. The monoisotopic (exact) mass is 596 g/mol. The molecule has 2 aromatic heterocycles. The van der Waals surface area contributed by atoms with Crippen LogP contribution in [0.25, 0.3) is 52.5 Å². The van der Waals surface area contributed by atoms with Gasteiger partial charge < -0.3 is 9.47 Å². The Morgan fingerprint density at radius 2 is 0.857 bits per heavy atom. The molecule has 0 saturated heterocycles. The Morgan fingerprint density at radius 1 is 0.429 bits per heavy atom. The maximum Gasteiger partial charge on any atom is 0.174 e. The van der Waals surface area contributed by atoms with Gasteiger partial charge in [0, 0.05) is 9.40 Å². The quantitative estimate of drug-likeness (QED) is 0.0817. The first kappa shape index (κ1) is 29.3. The Labute approximate surface area is 258 Å². The van der Waals surface area contributed by atoms with E-state index in [2.05, 4.69) is 74.5 Å². The minimum absolute atomic E-state index is 0.816. The normalized spacial score (nSPS) is 12.0. The first-order chi connectivity index (χ1) is 20.7. The lowest BCUT2D eigenvalue weighted by molar-refractivity contribution is 0.313. The van der Waals surface area contributed by atoms with Gasteiger partial charge >= 0.3 is 0 Å². The minimum Gasteiger partial charge on any atom is -0.484 e. The summed E-state index contributed by atoms with van der Waals surface area (Å²) in [7, 11) is 0. The Morgan fingerprint density at radius 3 is 1.31 bits per heavy atom. The maximum absolute atomic E-state index is 6.17. The van der Waals surface area contributed by atoms with Gasteiger partial charge in [0.2, 0.25) is 0 Å². The molecule has 2 nitrogen and oxygen atoms in total. The molecule has 6 aromatic rings. The largest absolute Gasteiger partial charge is 0.484 e. The molecule has 0 fully saturated rings. The fourth-order valence-electron chi connectivity index (χ4n) is 6.15. The summed E-state index contributed by atoms with van der Waals surface area (Å²) in [5.74, 6) is 0. The second-order valence-corrected chi connectivity index (χ2v) is 13.9. The van der Waals surface area contributed by atoms with Crippen molar-refractivity contribution < 1.29 is 9.47 Å². The van der Waals surface area contributed by atoms with E-state index in [1.165, 1.54) is 117 Å². The van der Waals surface area contributed by atoms with E-state index >= 15 is 0 Å². The highest BCUT2D eigenvalue weighted by molar-refractivity contribution is 7.21. The third kappa shape index (κ3) is 6.71. The second-order valence-electron chi connectivity index (χ2n) is 11.8. The second kappa shape index (κ2) is 14.1. The molecule has 0 radical (unpaired) electrons. The highest BCUT2D eigenvalue weighted by Crippen LogP contribution is 2.40. The van der Waals surface area contributed by atoms with Crippen molar-refractivity contribution in [3.05, 3.63) is 60.7 Å². The van der Waals surface area contributed by atoms with Gasteiger partial charge in [0.05, 0.1) is 13.2 Å². The molecular formula is C38H44O2S2. The van der Waals surface area contributed by atoms with E-state index in [-0.39, 0.29) is 0 Å². The molecule has 2 heterocycles. The average molecular weight is 597 g/mol.